The lowest BCUT2D eigenvalue weighted by Gasteiger charge is -2.06. The predicted octanol–water partition coefficient (Wildman–Crippen LogP) is 2.13. The summed E-state index contributed by atoms with van der Waals surface area (Å²) in [4.78, 5) is 27.7. The van der Waals surface area contributed by atoms with Gasteiger partial charge >= 0.3 is 0 Å². The van der Waals surface area contributed by atoms with Crippen LogP contribution in [0.4, 0.5) is 0 Å². The minimum atomic E-state index is -0.174. The molecule has 0 amide bonds. The molecule has 6 nitrogen and oxygen atoms in total. The molecule has 1 aromatic carbocycles. The first-order chi connectivity index (χ1) is 10.2. The molecule has 1 N–H and O–H groups in total. The van der Waals surface area contributed by atoms with Gasteiger partial charge in [-0.1, -0.05) is 0 Å². The molecule has 0 fully saturated rings. The van der Waals surface area contributed by atoms with E-state index in [0.717, 1.165) is 16.6 Å². The highest BCUT2D eigenvalue weighted by Gasteiger charge is 2.10. The average Bonchev–Trinajstić information content (AvgIpc) is 2.51. The van der Waals surface area contributed by atoms with Gasteiger partial charge in [-0.15, -0.1) is 0 Å². The number of halogens is 1. The number of methoxy groups -OCH3 is 1. The zero-order chi connectivity index (χ0) is 14.8. The van der Waals surface area contributed by atoms with Crippen LogP contribution in [0.1, 0.15) is 5.69 Å². The molecule has 0 saturated heterocycles. The van der Waals surface area contributed by atoms with Crippen molar-refractivity contribution in [2.45, 2.75) is 6.61 Å². The summed E-state index contributed by atoms with van der Waals surface area (Å²) >= 11 is 1.97. The molecule has 106 valence electrons. The molecular weight excluding hydrogens is 383 g/mol. The van der Waals surface area contributed by atoms with Gasteiger partial charge in [0.05, 0.1) is 23.3 Å². The number of benzene rings is 1. The zero-order valence-electron chi connectivity index (χ0n) is 11.1. The molecule has 0 bridgehead atoms. The number of hydrogen-bond acceptors (Lipinski definition) is 5. The standard InChI is InChI=1S/C14H11IN4O2/c1-21-7-11-12(15)14(20)19-13(18-11)8-2-3-9-10(6-8)17-5-4-16-9/h2-6H,7H2,1H3,(H,18,19,20). The van der Waals surface area contributed by atoms with Crippen LogP contribution in [0, 0.1) is 3.57 Å². The first-order valence-corrected chi connectivity index (χ1v) is 7.25. The van der Waals surface area contributed by atoms with Crippen LogP contribution in [0.3, 0.4) is 0 Å². The summed E-state index contributed by atoms with van der Waals surface area (Å²) < 4.78 is 5.62. The van der Waals surface area contributed by atoms with Crippen LogP contribution >= 0.6 is 22.6 Å². The van der Waals surface area contributed by atoms with Crippen molar-refractivity contribution in [3.63, 3.8) is 0 Å². The van der Waals surface area contributed by atoms with Crippen molar-refractivity contribution in [2.24, 2.45) is 0 Å². The first kappa shape index (κ1) is 14.1. The van der Waals surface area contributed by atoms with E-state index in [0.29, 0.717) is 21.7 Å². The second-order valence-corrected chi connectivity index (χ2v) is 5.45. The number of fused-ring (bicyclic) bond motifs is 1. The van der Waals surface area contributed by atoms with E-state index in [1.54, 1.807) is 19.5 Å². The second-order valence-electron chi connectivity index (χ2n) is 4.37. The molecule has 0 atom stereocenters. The van der Waals surface area contributed by atoms with Gasteiger partial charge in [0.1, 0.15) is 9.39 Å². The largest absolute Gasteiger partial charge is 0.378 e. The van der Waals surface area contributed by atoms with Crippen molar-refractivity contribution in [2.75, 3.05) is 7.11 Å². The molecule has 0 aliphatic heterocycles. The molecule has 2 heterocycles. The lowest BCUT2D eigenvalue weighted by molar-refractivity contribution is 0.180. The Morgan fingerprint density at radius 2 is 2.00 bits per heavy atom. The molecule has 0 saturated carbocycles. The van der Waals surface area contributed by atoms with Gasteiger partial charge in [0, 0.05) is 25.1 Å². The monoisotopic (exact) mass is 394 g/mol. The Balaban J connectivity index is 2.15. The SMILES string of the molecule is COCc1nc(-c2ccc3nccnc3c2)[nH]c(=O)c1I. The number of hydrogen-bond donors (Lipinski definition) is 1. The van der Waals surface area contributed by atoms with Crippen molar-refractivity contribution in [3.8, 4) is 11.4 Å². The summed E-state index contributed by atoms with van der Waals surface area (Å²) in [6.45, 7) is 0.294. The number of nitrogens with one attached hydrogen (secondary N) is 1. The summed E-state index contributed by atoms with van der Waals surface area (Å²) in [7, 11) is 1.57. The smallest absolute Gasteiger partial charge is 0.264 e. The van der Waals surface area contributed by atoms with Crippen LogP contribution in [0.2, 0.25) is 0 Å². The number of ether oxygens (including phenoxy) is 1. The van der Waals surface area contributed by atoms with Crippen LogP contribution in [0.15, 0.2) is 35.4 Å². The van der Waals surface area contributed by atoms with Gasteiger partial charge in [-0.25, -0.2) is 4.98 Å². The molecule has 0 unspecified atom stereocenters. The summed E-state index contributed by atoms with van der Waals surface area (Å²) in [5, 5.41) is 0. The topological polar surface area (TPSA) is 80.8 Å². The Labute approximate surface area is 133 Å². The molecule has 3 aromatic rings. The highest BCUT2D eigenvalue weighted by Crippen LogP contribution is 2.19. The van der Waals surface area contributed by atoms with Gasteiger partial charge in [-0.05, 0) is 40.8 Å². The minimum absolute atomic E-state index is 0.174. The number of nitrogens with zero attached hydrogens (tertiary/aromatic N) is 3. The van der Waals surface area contributed by atoms with E-state index in [2.05, 4.69) is 19.9 Å². The molecule has 0 radical (unpaired) electrons. The summed E-state index contributed by atoms with van der Waals surface area (Å²) in [5.74, 6) is 0.500. The molecule has 0 aliphatic rings. The number of H-pyrrole nitrogens is 1. The maximum atomic E-state index is 12.0. The summed E-state index contributed by atoms with van der Waals surface area (Å²) in [6, 6.07) is 5.56. The van der Waals surface area contributed by atoms with Crippen LogP contribution in [-0.4, -0.2) is 27.0 Å². The van der Waals surface area contributed by atoms with Gasteiger partial charge in [0.15, 0.2) is 0 Å². The van der Waals surface area contributed by atoms with Crippen LogP contribution < -0.4 is 5.56 Å². The van der Waals surface area contributed by atoms with Gasteiger partial charge in [0.2, 0.25) is 0 Å². The van der Waals surface area contributed by atoms with Crippen molar-refractivity contribution < 1.29 is 4.74 Å². The molecule has 2 aromatic heterocycles. The molecule has 7 heteroatoms. The average molecular weight is 394 g/mol. The number of aromatic nitrogens is 4. The fraction of sp³-hybridized carbons (Fsp3) is 0.143. The highest BCUT2D eigenvalue weighted by molar-refractivity contribution is 14.1. The normalized spacial score (nSPS) is 11.0. The Kier molecular flexibility index (Phi) is 3.93. The molecule has 0 aliphatic carbocycles. The fourth-order valence-electron chi connectivity index (χ4n) is 1.99. The highest BCUT2D eigenvalue weighted by atomic mass is 127. The lowest BCUT2D eigenvalue weighted by atomic mass is 10.2. The summed E-state index contributed by atoms with van der Waals surface area (Å²) in [5.41, 5.74) is 2.78. The minimum Gasteiger partial charge on any atom is -0.378 e. The third-order valence-electron chi connectivity index (χ3n) is 2.96. The maximum Gasteiger partial charge on any atom is 0.264 e. The van der Waals surface area contributed by atoms with Gasteiger partial charge in [-0.2, -0.15) is 0 Å². The second kappa shape index (κ2) is 5.86. The van der Waals surface area contributed by atoms with E-state index >= 15 is 0 Å². The van der Waals surface area contributed by atoms with E-state index in [-0.39, 0.29) is 5.56 Å². The predicted molar refractivity (Wildman–Crippen MR) is 86.8 cm³/mol. The van der Waals surface area contributed by atoms with Crippen molar-refractivity contribution in [1.82, 2.24) is 19.9 Å². The Hall–Kier alpha value is -1.87. The number of rotatable bonds is 3. The Bertz CT molecular complexity index is 863. The summed E-state index contributed by atoms with van der Waals surface area (Å²) in [6.07, 6.45) is 3.27. The zero-order valence-corrected chi connectivity index (χ0v) is 13.3. The van der Waals surface area contributed by atoms with Crippen LogP contribution in [0.5, 0.6) is 0 Å². The van der Waals surface area contributed by atoms with E-state index in [9.17, 15) is 4.79 Å². The van der Waals surface area contributed by atoms with Gasteiger partial charge < -0.3 is 9.72 Å². The molecule has 3 rings (SSSR count). The van der Waals surface area contributed by atoms with Crippen molar-refractivity contribution in [1.29, 1.82) is 0 Å². The number of aromatic amines is 1. The van der Waals surface area contributed by atoms with E-state index in [1.165, 1.54) is 0 Å². The first-order valence-electron chi connectivity index (χ1n) is 6.18. The lowest BCUT2D eigenvalue weighted by Crippen LogP contribution is -2.16. The Morgan fingerprint density at radius 3 is 2.76 bits per heavy atom. The molecular formula is C14H11IN4O2. The van der Waals surface area contributed by atoms with Crippen LogP contribution in [0.25, 0.3) is 22.4 Å². The Morgan fingerprint density at radius 1 is 1.24 bits per heavy atom. The van der Waals surface area contributed by atoms with E-state index in [4.69, 9.17) is 4.74 Å². The third-order valence-corrected chi connectivity index (χ3v) is 4.07. The van der Waals surface area contributed by atoms with Crippen molar-refractivity contribution in [3.05, 3.63) is 50.2 Å². The van der Waals surface area contributed by atoms with Crippen LogP contribution in [-0.2, 0) is 11.3 Å². The third kappa shape index (κ3) is 2.79. The van der Waals surface area contributed by atoms with Gasteiger partial charge in [0.25, 0.3) is 5.56 Å². The molecule has 21 heavy (non-hydrogen) atoms. The van der Waals surface area contributed by atoms with E-state index in [1.807, 2.05) is 40.8 Å². The van der Waals surface area contributed by atoms with Gasteiger partial charge in [-0.3, -0.25) is 14.8 Å². The molecule has 0 spiro atoms. The van der Waals surface area contributed by atoms with E-state index < -0.39 is 0 Å². The van der Waals surface area contributed by atoms with Crippen molar-refractivity contribution >= 4 is 33.6 Å². The quantitative estimate of drug-likeness (QED) is 0.689. The fourth-order valence-corrected chi connectivity index (χ4v) is 2.40. The maximum absolute atomic E-state index is 12.0.